The molecule has 0 spiro atoms. The molecule has 2 aromatic carbocycles. The molecule has 1 heterocycles. The Hall–Kier alpha value is -2.77. The highest BCUT2D eigenvalue weighted by molar-refractivity contribution is 7.91. The number of amides is 1. The molecule has 0 saturated heterocycles. The van der Waals surface area contributed by atoms with Crippen molar-refractivity contribution in [1.29, 1.82) is 0 Å². The predicted octanol–water partition coefficient (Wildman–Crippen LogP) is 3.73. The Labute approximate surface area is 175 Å². The Morgan fingerprint density at radius 2 is 1.79 bits per heavy atom. The predicted molar refractivity (Wildman–Crippen MR) is 113 cm³/mol. The van der Waals surface area contributed by atoms with Crippen molar-refractivity contribution in [2.75, 3.05) is 19.4 Å². The number of carbonyl (C=O) groups is 1. The molecule has 0 unspecified atom stereocenters. The second kappa shape index (κ2) is 9.15. The van der Waals surface area contributed by atoms with Crippen LogP contribution in [0.3, 0.4) is 0 Å². The number of halogens is 1. The molecule has 3 aromatic rings. The Morgan fingerprint density at radius 3 is 2.45 bits per heavy atom. The number of ether oxygens (including phenoxy) is 1. The van der Waals surface area contributed by atoms with Gasteiger partial charge in [-0.1, -0.05) is 29.8 Å². The van der Waals surface area contributed by atoms with E-state index in [2.05, 4.69) is 5.32 Å². The van der Waals surface area contributed by atoms with Gasteiger partial charge >= 0.3 is 0 Å². The number of methoxy groups -OCH3 is 1. The van der Waals surface area contributed by atoms with Crippen LogP contribution in [0.25, 0.3) is 5.69 Å². The van der Waals surface area contributed by atoms with Gasteiger partial charge in [0.1, 0.15) is 5.75 Å². The van der Waals surface area contributed by atoms with Crippen LogP contribution in [0.4, 0.5) is 0 Å². The Morgan fingerprint density at radius 1 is 1.10 bits per heavy atom. The third kappa shape index (κ3) is 4.99. The maximum absolute atomic E-state index is 12.6. The summed E-state index contributed by atoms with van der Waals surface area (Å²) in [5, 5.41) is 3.13. The summed E-state index contributed by atoms with van der Waals surface area (Å²) in [4.78, 5) is 12.8. The average Bonchev–Trinajstić information content (AvgIpc) is 3.26. The molecule has 0 fully saturated rings. The number of carbonyl (C=O) groups excluding carboxylic acids is 1. The largest absolute Gasteiger partial charge is 0.496 e. The minimum atomic E-state index is -3.37. The normalized spacial score (nSPS) is 11.2. The summed E-state index contributed by atoms with van der Waals surface area (Å²) in [6.07, 6.45) is 3.97. The molecule has 1 N–H and O–H groups in total. The van der Waals surface area contributed by atoms with Crippen LogP contribution in [0.15, 0.2) is 71.9 Å². The van der Waals surface area contributed by atoms with Crippen molar-refractivity contribution in [2.45, 2.75) is 11.3 Å². The minimum Gasteiger partial charge on any atom is -0.496 e. The van der Waals surface area contributed by atoms with Crippen molar-refractivity contribution in [3.63, 3.8) is 0 Å². The zero-order valence-electron chi connectivity index (χ0n) is 15.8. The van der Waals surface area contributed by atoms with Crippen molar-refractivity contribution in [2.24, 2.45) is 0 Å². The van der Waals surface area contributed by atoms with Crippen molar-refractivity contribution < 1.29 is 17.9 Å². The topological polar surface area (TPSA) is 77.4 Å². The Balaban J connectivity index is 1.64. The van der Waals surface area contributed by atoms with E-state index in [1.165, 1.54) is 7.11 Å². The van der Waals surface area contributed by atoms with Crippen molar-refractivity contribution in [3.8, 4) is 11.4 Å². The van der Waals surface area contributed by atoms with Crippen LogP contribution < -0.4 is 10.1 Å². The standard InChI is InChI=1S/C21H21ClN2O4S/c1-28-20-15-19(24-11-5-6-12-24)18(22)14-17(20)21(25)23-10-7-13-29(26,27)16-8-3-2-4-9-16/h2-6,8-9,11-12,14-15H,7,10,13H2,1H3,(H,23,25). The second-order valence-corrected chi connectivity index (χ2v) is 8.85. The number of nitrogens with zero attached hydrogens (tertiary/aromatic N) is 1. The van der Waals surface area contributed by atoms with Gasteiger partial charge in [-0.15, -0.1) is 0 Å². The van der Waals surface area contributed by atoms with Crippen molar-refractivity contribution >= 4 is 27.3 Å². The molecular formula is C21H21ClN2O4S. The van der Waals surface area contributed by atoms with Crippen LogP contribution in [-0.2, 0) is 9.84 Å². The van der Waals surface area contributed by atoms with Gasteiger partial charge in [-0.25, -0.2) is 8.42 Å². The highest BCUT2D eigenvalue weighted by atomic mass is 35.5. The minimum absolute atomic E-state index is 0.0538. The van der Waals surface area contributed by atoms with E-state index >= 15 is 0 Å². The first-order valence-electron chi connectivity index (χ1n) is 8.99. The molecule has 29 heavy (non-hydrogen) atoms. The molecular weight excluding hydrogens is 412 g/mol. The van der Waals surface area contributed by atoms with E-state index in [9.17, 15) is 13.2 Å². The van der Waals surface area contributed by atoms with E-state index in [0.29, 0.717) is 28.4 Å². The number of nitrogens with one attached hydrogen (secondary N) is 1. The lowest BCUT2D eigenvalue weighted by molar-refractivity contribution is 0.0950. The Kier molecular flexibility index (Phi) is 6.61. The molecule has 0 atom stereocenters. The summed E-state index contributed by atoms with van der Waals surface area (Å²) in [6, 6.07) is 15.2. The average molecular weight is 433 g/mol. The van der Waals surface area contributed by atoms with Gasteiger partial charge in [-0.2, -0.15) is 0 Å². The van der Waals surface area contributed by atoms with Crippen molar-refractivity contribution in [3.05, 3.63) is 77.6 Å². The quantitative estimate of drug-likeness (QED) is 0.550. The highest BCUT2D eigenvalue weighted by Crippen LogP contribution is 2.30. The number of rotatable bonds is 8. The van der Waals surface area contributed by atoms with Crippen LogP contribution in [0.2, 0.25) is 5.02 Å². The number of sulfone groups is 1. The van der Waals surface area contributed by atoms with Gasteiger partial charge in [0.25, 0.3) is 5.91 Å². The van der Waals surface area contributed by atoms with E-state index in [1.807, 2.05) is 29.1 Å². The number of benzene rings is 2. The van der Waals surface area contributed by atoms with Gasteiger partial charge in [0, 0.05) is 25.0 Å². The van der Waals surface area contributed by atoms with Gasteiger partial charge in [0.05, 0.1) is 34.0 Å². The van der Waals surface area contributed by atoms with Crippen LogP contribution in [0, 0.1) is 0 Å². The number of aromatic nitrogens is 1. The molecule has 0 aliphatic heterocycles. The fraction of sp³-hybridized carbons (Fsp3) is 0.190. The van der Waals surface area contributed by atoms with Crippen LogP contribution in [0.1, 0.15) is 16.8 Å². The molecule has 0 aliphatic carbocycles. The second-order valence-electron chi connectivity index (χ2n) is 6.34. The van der Waals surface area contributed by atoms with Crippen LogP contribution >= 0.6 is 11.6 Å². The van der Waals surface area contributed by atoms with E-state index < -0.39 is 9.84 Å². The van der Waals surface area contributed by atoms with Crippen LogP contribution in [-0.4, -0.2) is 38.3 Å². The molecule has 0 radical (unpaired) electrons. The fourth-order valence-corrected chi connectivity index (χ4v) is 4.48. The maximum atomic E-state index is 12.6. The SMILES string of the molecule is COc1cc(-n2cccc2)c(Cl)cc1C(=O)NCCCS(=O)(=O)c1ccccc1. The summed E-state index contributed by atoms with van der Waals surface area (Å²) in [7, 11) is -1.89. The summed E-state index contributed by atoms with van der Waals surface area (Å²) >= 11 is 6.35. The van der Waals surface area contributed by atoms with Gasteiger partial charge in [-0.05, 0) is 36.8 Å². The van der Waals surface area contributed by atoms with E-state index in [1.54, 1.807) is 42.5 Å². The molecule has 6 nitrogen and oxygen atoms in total. The third-order valence-corrected chi connectivity index (χ3v) is 6.49. The zero-order valence-corrected chi connectivity index (χ0v) is 17.4. The van der Waals surface area contributed by atoms with Gasteiger partial charge in [0.2, 0.25) is 0 Å². The van der Waals surface area contributed by atoms with Crippen molar-refractivity contribution in [1.82, 2.24) is 9.88 Å². The van der Waals surface area contributed by atoms with Gasteiger partial charge in [0.15, 0.2) is 9.84 Å². The summed E-state index contributed by atoms with van der Waals surface area (Å²) in [5.41, 5.74) is 0.985. The summed E-state index contributed by atoms with van der Waals surface area (Å²) < 4.78 is 31.7. The first-order valence-corrected chi connectivity index (χ1v) is 11.0. The monoisotopic (exact) mass is 432 g/mol. The van der Waals surface area contributed by atoms with E-state index in [4.69, 9.17) is 16.3 Å². The van der Waals surface area contributed by atoms with Gasteiger partial charge < -0.3 is 14.6 Å². The lowest BCUT2D eigenvalue weighted by atomic mass is 10.1. The molecule has 1 aromatic heterocycles. The first kappa shape index (κ1) is 21.0. The highest BCUT2D eigenvalue weighted by Gasteiger charge is 2.17. The molecule has 0 saturated carbocycles. The molecule has 8 heteroatoms. The maximum Gasteiger partial charge on any atom is 0.255 e. The molecule has 152 valence electrons. The first-order chi connectivity index (χ1) is 13.9. The van der Waals surface area contributed by atoms with Crippen LogP contribution in [0.5, 0.6) is 5.75 Å². The molecule has 3 rings (SSSR count). The molecule has 1 amide bonds. The summed E-state index contributed by atoms with van der Waals surface area (Å²) in [5.74, 6) is -0.0469. The fourth-order valence-electron chi connectivity index (χ4n) is 2.89. The lowest BCUT2D eigenvalue weighted by Crippen LogP contribution is -2.26. The number of hydrogen-bond acceptors (Lipinski definition) is 4. The lowest BCUT2D eigenvalue weighted by Gasteiger charge is -2.13. The smallest absolute Gasteiger partial charge is 0.255 e. The Bertz CT molecular complexity index is 1080. The zero-order chi connectivity index (χ0) is 20.9. The third-order valence-electron chi connectivity index (χ3n) is 4.37. The molecule has 0 bridgehead atoms. The van der Waals surface area contributed by atoms with Gasteiger partial charge in [-0.3, -0.25) is 4.79 Å². The van der Waals surface area contributed by atoms with E-state index in [0.717, 1.165) is 0 Å². The summed E-state index contributed by atoms with van der Waals surface area (Å²) in [6.45, 7) is 0.213. The van der Waals surface area contributed by atoms with E-state index in [-0.39, 0.29) is 23.1 Å². The number of hydrogen-bond donors (Lipinski definition) is 1. The molecule has 0 aliphatic rings.